The predicted octanol–water partition coefficient (Wildman–Crippen LogP) is 4.58. The number of nitrogens with one attached hydrogen (secondary N) is 4. The summed E-state index contributed by atoms with van der Waals surface area (Å²) in [7, 11) is 0. The second-order valence-electron chi connectivity index (χ2n) is 12.2. The maximum Gasteiger partial charge on any atom is 0.407 e. The van der Waals surface area contributed by atoms with Gasteiger partial charge in [0.1, 0.15) is 12.6 Å². The molecule has 10 heteroatoms. The smallest absolute Gasteiger partial charge is 0.407 e. The summed E-state index contributed by atoms with van der Waals surface area (Å²) >= 11 is 0. The molecule has 1 aliphatic heterocycles. The summed E-state index contributed by atoms with van der Waals surface area (Å²) in [6.07, 6.45) is -0.337. The number of fused-ring (bicyclic) bond motifs is 3. The molecular weight excluding hydrogens is 620 g/mol. The molecule has 6 rings (SSSR count). The molecule has 1 saturated heterocycles. The van der Waals surface area contributed by atoms with Crippen molar-refractivity contribution in [1.82, 2.24) is 21.3 Å². The maximum absolute atomic E-state index is 13.8. The predicted molar refractivity (Wildman–Crippen MR) is 184 cm³/mol. The van der Waals surface area contributed by atoms with E-state index in [9.17, 15) is 19.2 Å². The van der Waals surface area contributed by atoms with Gasteiger partial charge in [0.15, 0.2) is 12.2 Å². The van der Waals surface area contributed by atoms with Crippen LogP contribution in [0.25, 0.3) is 11.1 Å². The SMILES string of the molecule is O=C(NCCCC[C@H](NC(=O)[C@H]1O[C@@H]1C(=O)NCCc1ccccc1)C(=O)NC1c2ccccc2-c2ccccc21)OCc1ccccc1. The van der Waals surface area contributed by atoms with Crippen LogP contribution >= 0.6 is 0 Å². The third-order valence-corrected chi connectivity index (χ3v) is 8.72. The zero-order valence-corrected chi connectivity index (χ0v) is 27.1. The van der Waals surface area contributed by atoms with E-state index in [2.05, 4.69) is 21.3 Å². The van der Waals surface area contributed by atoms with Gasteiger partial charge in [-0.05, 0) is 59.1 Å². The Morgan fingerprint density at radius 2 is 1.24 bits per heavy atom. The molecule has 10 nitrogen and oxygen atoms in total. The highest BCUT2D eigenvalue weighted by Gasteiger charge is 2.51. The van der Waals surface area contributed by atoms with Crippen LogP contribution in [-0.4, -0.2) is 55.2 Å². The molecule has 1 aliphatic carbocycles. The Morgan fingerprint density at radius 1 is 0.653 bits per heavy atom. The number of rotatable bonds is 15. The fourth-order valence-corrected chi connectivity index (χ4v) is 6.10. The molecule has 2 aliphatic rings. The molecule has 0 radical (unpaired) electrons. The fourth-order valence-electron chi connectivity index (χ4n) is 6.10. The molecular formula is C39H40N4O6. The van der Waals surface area contributed by atoms with Crippen molar-refractivity contribution in [3.63, 3.8) is 0 Å². The lowest BCUT2D eigenvalue weighted by Gasteiger charge is -2.22. The Kier molecular flexibility index (Phi) is 11.0. The number of hydrogen-bond acceptors (Lipinski definition) is 6. The van der Waals surface area contributed by atoms with Gasteiger partial charge in [-0.15, -0.1) is 0 Å². The third kappa shape index (κ3) is 8.71. The Hall–Kier alpha value is -5.48. The number of carbonyl (C=O) groups is 4. The first-order chi connectivity index (χ1) is 24.0. The van der Waals surface area contributed by atoms with Crippen molar-refractivity contribution < 1.29 is 28.7 Å². The van der Waals surface area contributed by atoms with Gasteiger partial charge in [-0.1, -0.05) is 109 Å². The zero-order valence-electron chi connectivity index (χ0n) is 27.1. The van der Waals surface area contributed by atoms with E-state index in [-0.39, 0.29) is 24.5 Å². The van der Waals surface area contributed by atoms with Crippen molar-refractivity contribution in [3.8, 4) is 11.1 Å². The van der Waals surface area contributed by atoms with Gasteiger partial charge in [0, 0.05) is 13.1 Å². The largest absolute Gasteiger partial charge is 0.445 e. The first-order valence-corrected chi connectivity index (χ1v) is 16.7. The summed E-state index contributed by atoms with van der Waals surface area (Å²) in [6.45, 7) is 0.931. The van der Waals surface area contributed by atoms with Crippen LogP contribution < -0.4 is 21.3 Å². The van der Waals surface area contributed by atoms with Crippen molar-refractivity contribution in [2.75, 3.05) is 13.1 Å². The van der Waals surface area contributed by atoms with E-state index in [1.54, 1.807) is 0 Å². The van der Waals surface area contributed by atoms with E-state index in [0.29, 0.717) is 38.8 Å². The lowest BCUT2D eigenvalue weighted by atomic mass is 10.0. The molecule has 4 amide bonds. The standard InChI is InChI=1S/C39H40N4O6/c44-36(43-33-30-19-9-7-17-28(30)29-18-8-10-20-31(29)33)32(21-11-12-23-41-39(47)48-25-27-15-5-2-6-16-27)42-38(46)35-34(49-35)37(45)40-24-22-26-13-3-1-4-14-26/h1-10,13-20,32-35H,11-12,21-25H2,(H,40,45)(H,41,47)(H,42,46)(H,43,44)/t32-,34-,35-/m0/s1. The average Bonchev–Trinajstić information content (AvgIpc) is 3.89. The minimum Gasteiger partial charge on any atom is -0.445 e. The van der Waals surface area contributed by atoms with Gasteiger partial charge in [-0.2, -0.15) is 0 Å². The monoisotopic (exact) mass is 660 g/mol. The van der Waals surface area contributed by atoms with Gasteiger partial charge in [0.2, 0.25) is 5.91 Å². The summed E-state index contributed by atoms with van der Waals surface area (Å²) < 4.78 is 10.7. The summed E-state index contributed by atoms with van der Waals surface area (Å²) in [5.41, 5.74) is 6.07. The molecule has 1 fully saturated rings. The number of carbonyl (C=O) groups excluding carboxylic acids is 4. The Bertz CT molecular complexity index is 1720. The minimum absolute atomic E-state index is 0.170. The van der Waals surface area contributed by atoms with Crippen LogP contribution in [0.4, 0.5) is 4.79 Å². The summed E-state index contributed by atoms with van der Waals surface area (Å²) in [6, 6.07) is 33.8. The van der Waals surface area contributed by atoms with E-state index >= 15 is 0 Å². The average molecular weight is 661 g/mol. The van der Waals surface area contributed by atoms with Crippen LogP contribution in [0.1, 0.15) is 47.6 Å². The number of hydrogen-bond donors (Lipinski definition) is 4. The molecule has 4 N–H and O–H groups in total. The first-order valence-electron chi connectivity index (χ1n) is 16.7. The second-order valence-corrected chi connectivity index (χ2v) is 12.2. The lowest BCUT2D eigenvalue weighted by Crippen LogP contribution is -2.49. The van der Waals surface area contributed by atoms with E-state index < -0.39 is 30.3 Å². The van der Waals surface area contributed by atoms with Crippen LogP contribution in [0.15, 0.2) is 109 Å². The van der Waals surface area contributed by atoms with Crippen molar-refractivity contribution >= 4 is 23.8 Å². The Morgan fingerprint density at radius 3 is 1.92 bits per heavy atom. The Balaban J connectivity index is 1.03. The molecule has 0 aromatic heterocycles. The van der Waals surface area contributed by atoms with E-state index in [4.69, 9.17) is 9.47 Å². The van der Waals surface area contributed by atoms with Crippen molar-refractivity contribution in [2.24, 2.45) is 0 Å². The molecule has 1 heterocycles. The van der Waals surface area contributed by atoms with Gasteiger partial charge in [0.05, 0.1) is 6.04 Å². The van der Waals surface area contributed by atoms with Crippen molar-refractivity contribution in [1.29, 1.82) is 0 Å². The number of alkyl carbamates (subject to hydrolysis) is 1. The molecule has 4 aromatic carbocycles. The summed E-state index contributed by atoms with van der Waals surface area (Å²) in [4.78, 5) is 52.0. The molecule has 0 saturated carbocycles. The van der Waals surface area contributed by atoms with Gasteiger partial charge in [-0.3, -0.25) is 14.4 Å². The Labute approximate surface area is 285 Å². The lowest BCUT2D eigenvalue weighted by molar-refractivity contribution is -0.130. The molecule has 4 aromatic rings. The second kappa shape index (κ2) is 16.1. The van der Waals surface area contributed by atoms with Gasteiger partial charge in [0.25, 0.3) is 11.8 Å². The van der Waals surface area contributed by atoms with Crippen molar-refractivity contribution in [2.45, 2.75) is 56.6 Å². The molecule has 0 spiro atoms. The quantitative estimate of drug-likeness (QED) is 0.109. The van der Waals surface area contributed by atoms with Crippen LogP contribution in [0.3, 0.4) is 0 Å². The zero-order chi connectivity index (χ0) is 34.0. The van der Waals surface area contributed by atoms with Crippen molar-refractivity contribution in [3.05, 3.63) is 131 Å². The number of benzene rings is 4. The minimum atomic E-state index is -0.971. The number of epoxide rings is 1. The van der Waals surface area contributed by atoms with Crippen LogP contribution in [0, 0.1) is 0 Å². The summed E-state index contributed by atoms with van der Waals surface area (Å²) in [5, 5.41) is 11.6. The van der Waals surface area contributed by atoms with Crippen LogP contribution in [0.2, 0.25) is 0 Å². The number of unbranched alkanes of at least 4 members (excludes halogenated alkanes) is 1. The molecule has 3 atom stereocenters. The molecule has 252 valence electrons. The molecule has 0 unspecified atom stereocenters. The number of amides is 4. The normalized spacial score (nSPS) is 16.4. The topological polar surface area (TPSA) is 138 Å². The van der Waals surface area contributed by atoms with Gasteiger partial charge >= 0.3 is 6.09 Å². The van der Waals surface area contributed by atoms with Gasteiger partial charge < -0.3 is 30.7 Å². The number of ether oxygens (including phenoxy) is 2. The van der Waals surface area contributed by atoms with Crippen LogP contribution in [0.5, 0.6) is 0 Å². The van der Waals surface area contributed by atoms with E-state index in [1.165, 1.54) is 0 Å². The molecule has 49 heavy (non-hydrogen) atoms. The highest BCUT2D eigenvalue weighted by Crippen LogP contribution is 2.43. The van der Waals surface area contributed by atoms with E-state index in [1.807, 2.05) is 109 Å². The van der Waals surface area contributed by atoms with E-state index in [0.717, 1.165) is 33.4 Å². The first kappa shape index (κ1) is 33.4. The van der Waals surface area contributed by atoms with Gasteiger partial charge in [-0.25, -0.2) is 4.79 Å². The molecule has 0 bridgehead atoms. The third-order valence-electron chi connectivity index (χ3n) is 8.72. The highest BCUT2D eigenvalue weighted by molar-refractivity contribution is 5.97. The van der Waals surface area contributed by atoms with Crippen LogP contribution in [-0.2, 0) is 36.9 Å². The highest BCUT2D eigenvalue weighted by atomic mass is 16.6. The fraction of sp³-hybridized carbons (Fsp3) is 0.282. The summed E-state index contributed by atoms with van der Waals surface area (Å²) in [5.74, 6) is -1.22. The maximum atomic E-state index is 13.8.